The summed E-state index contributed by atoms with van der Waals surface area (Å²) in [4.78, 5) is 10.4. The zero-order chi connectivity index (χ0) is 10.0. The second-order valence-electron chi connectivity index (χ2n) is 2.33. The second kappa shape index (κ2) is 3.38. The number of carbonyl (C=O) groups excluding carboxylic acids is 1. The van der Waals surface area contributed by atoms with Crippen LogP contribution in [0.25, 0.3) is 0 Å². The predicted octanol–water partition coefficient (Wildman–Crippen LogP) is 1.60. The quantitative estimate of drug-likeness (QED) is 0.537. The van der Waals surface area contributed by atoms with Gasteiger partial charge in [-0.05, 0) is 0 Å². The van der Waals surface area contributed by atoms with Gasteiger partial charge in [0.25, 0.3) is 0 Å². The Balaban J connectivity index is 3.06. The van der Waals surface area contributed by atoms with Crippen LogP contribution in [-0.4, -0.2) is 11.1 Å². The van der Waals surface area contributed by atoms with E-state index in [9.17, 15) is 13.6 Å². The van der Waals surface area contributed by atoms with Crippen LogP contribution in [0.3, 0.4) is 0 Å². The number of ether oxygens (including phenoxy) is 1. The maximum Gasteiger partial charge on any atom is 0.308 e. The Bertz CT molecular complexity index is 326. The number of rotatable bonds is 1. The van der Waals surface area contributed by atoms with Gasteiger partial charge in [0.2, 0.25) is 5.82 Å². The molecule has 0 radical (unpaired) electrons. The molecule has 5 heteroatoms. The minimum atomic E-state index is -1.36. The van der Waals surface area contributed by atoms with Gasteiger partial charge in [-0.2, -0.15) is 4.39 Å². The molecule has 0 atom stereocenters. The molecule has 70 valence electrons. The molecule has 1 rings (SSSR count). The maximum atomic E-state index is 12.6. The molecule has 0 heterocycles. The van der Waals surface area contributed by atoms with Gasteiger partial charge in [-0.15, -0.1) is 0 Å². The lowest BCUT2D eigenvalue weighted by Gasteiger charge is -2.02. The molecule has 0 unspecified atom stereocenters. The molecule has 3 nitrogen and oxygen atoms in total. The molecule has 1 aromatic rings. The van der Waals surface area contributed by atoms with E-state index in [0.717, 1.165) is 13.0 Å². The topological polar surface area (TPSA) is 46.5 Å². The Kier molecular flexibility index (Phi) is 2.46. The molecule has 0 fully saturated rings. The summed E-state index contributed by atoms with van der Waals surface area (Å²) in [6, 6.07) is 1.50. The lowest BCUT2D eigenvalue weighted by molar-refractivity contribution is -0.131. The highest BCUT2D eigenvalue weighted by Crippen LogP contribution is 2.25. The van der Waals surface area contributed by atoms with Crippen molar-refractivity contribution in [2.24, 2.45) is 0 Å². The molecule has 0 amide bonds. The van der Waals surface area contributed by atoms with Gasteiger partial charge in [-0.3, -0.25) is 4.79 Å². The number of aromatic hydroxyl groups is 1. The summed E-state index contributed by atoms with van der Waals surface area (Å²) >= 11 is 0. The first-order valence-corrected chi connectivity index (χ1v) is 3.37. The smallest absolute Gasteiger partial charge is 0.308 e. The van der Waals surface area contributed by atoms with Gasteiger partial charge in [0.15, 0.2) is 11.6 Å². The van der Waals surface area contributed by atoms with E-state index in [1.54, 1.807) is 0 Å². The van der Waals surface area contributed by atoms with Crippen LogP contribution in [-0.2, 0) is 4.79 Å². The monoisotopic (exact) mass is 188 g/mol. The zero-order valence-electron chi connectivity index (χ0n) is 6.67. The molecule has 1 aromatic carbocycles. The molecule has 0 bridgehead atoms. The Hall–Kier alpha value is -1.65. The van der Waals surface area contributed by atoms with E-state index in [2.05, 4.69) is 4.74 Å². The summed E-state index contributed by atoms with van der Waals surface area (Å²) in [5.41, 5.74) is 0. The number of phenolic OH excluding ortho intramolecular Hbond substituents is 1. The highest BCUT2D eigenvalue weighted by atomic mass is 19.2. The summed E-state index contributed by atoms with van der Waals surface area (Å²) in [6.45, 7) is 1.11. The third-order valence-electron chi connectivity index (χ3n) is 1.24. The fourth-order valence-corrected chi connectivity index (χ4v) is 0.775. The molecule has 0 aromatic heterocycles. The minimum absolute atomic E-state index is 0.232. The van der Waals surface area contributed by atoms with E-state index >= 15 is 0 Å². The molecule has 13 heavy (non-hydrogen) atoms. The number of hydrogen-bond donors (Lipinski definition) is 1. The van der Waals surface area contributed by atoms with Gasteiger partial charge in [-0.1, -0.05) is 0 Å². The van der Waals surface area contributed by atoms with Crippen LogP contribution >= 0.6 is 0 Å². The summed E-state index contributed by atoms with van der Waals surface area (Å²) < 4.78 is 29.5. The summed E-state index contributed by atoms with van der Waals surface area (Å²) in [7, 11) is 0. The van der Waals surface area contributed by atoms with Crippen LogP contribution in [0.1, 0.15) is 6.92 Å². The van der Waals surface area contributed by atoms with Crippen molar-refractivity contribution >= 4 is 5.97 Å². The van der Waals surface area contributed by atoms with Gasteiger partial charge < -0.3 is 9.84 Å². The van der Waals surface area contributed by atoms with Crippen molar-refractivity contribution in [1.82, 2.24) is 0 Å². The maximum absolute atomic E-state index is 12.6. The number of hydrogen-bond acceptors (Lipinski definition) is 3. The van der Waals surface area contributed by atoms with Crippen molar-refractivity contribution in [3.05, 3.63) is 23.8 Å². The lowest BCUT2D eigenvalue weighted by atomic mass is 10.3. The second-order valence-corrected chi connectivity index (χ2v) is 2.33. The van der Waals surface area contributed by atoms with Crippen LogP contribution in [0.15, 0.2) is 12.1 Å². The van der Waals surface area contributed by atoms with E-state index in [-0.39, 0.29) is 5.75 Å². The largest absolute Gasteiger partial charge is 0.505 e. The predicted molar refractivity (Wildman–Crippen MR) is 39.3 cm³/mol. The first-order valence-electron chi connectivity index (χ1n) is 3.37. The third kappa shape index (κ3) is 2.14. The lowest BCUT2D eigenvalue weighted by Crippen LogP contribution is -2.02. The summed E-state index contributed by atoms with van der Waals surface area (Å²) in [5.74, 6) is -4.43. The summed E-state index contributed by atoms with van der Waals surface area (Å²) in [6.07, 6.45) is 0. The van der Waals surface area contributed by atoms with Gasteiger partial charge in [-0.25, -0.2) is 4.39 Å². The van der Waals surface area contributed by atoms with Gasteiger partial charge in [0.05, 0.1) is 0 Å². The van der Waals surface area contributed by atoms with Gasteiger partial charge >= 0.3 is 5.97 Å². The third-order valence-corrected chi connectivity index (χ3v) is 1.24. The number of halogens is 2. The SMILES string of the molecule is CC(=O)Oc1cc(O)c(F)c(F)c1. The molecule has 0 aliphatic rings. The standard InChI is InChI=1S/C8H6F2O3/c1-4(11)13-5-2-6(9)8(10)7(12)3-5/h2-3,12H,1H3. The fraction of sp³-hybridized carbons (Fsp3) is 0.125. The number of benzene rings is 1. The Labute approximate surface area is 72.6 Å². The van der Waals surface area contributed by atoms with Crippen LogP contribution in [0.4, 0.5) is 8.78 Å². The van der Waals surface area contributed by atoms with Crippen molar-refractivity contribution in [3.8, 4) is 11.5 Å². The average molecular weight is 188 g/mol. The number of esters is 1. The molecule has 0 spiro atoms. The molecule has 1 N–H and O–H groups in total. The van der Waals surface area contributed by atoms with Crippen molar-refractivity contribution < 1.29 is 23.4 Å². The molecular formula is C8H6F2O3. The average Bonchev–Trinajstić information content (AvgIpc) is 1.98. The van der Waals surface area contributed by atoms with Crippen LogP contribution < -0.4 is 4.74 Å². The van der Waals surface area contributed by atoms with Crippen molar-refractivity contribution in [2.75, 3.05) is 0 Å². The van der Waals surface area contributed by atoms with Gasteiger partial charge in [0.1, 0.15) is 5.75 Å². The van der Waals surface area contributed by atoms with E-state index in [1.807, 2.05) is 0 Å². The van der Waals surface area contributed by atoms with Crippen LogP contribution in [0, 0.1) is 11.6 Å². The number of carbonyl (C=O) groups is 1. The Morgan fingerprint density at radius 3 is 2.54 bits per heavy atom. The summed E-state index contributed by atoms with van der Waals surface area (Å²) in [5, 5.41) is 8.79. The zero-order valence-corrected chi connectivity index (χ0v) is 6.67. The minimum Gasteiger partial charge on any atom is -0.505 e. The first kappa shape index (κ1) is 9.44. The normalized spacial score (nSPS) is 9.77. The molecule has 0 aliphatic heterocycles. The number of phenols is 1. The highest BCUT2D eigenvalue weighted by Gasteiger charge is 2.11. The van der Waals surface area contributed by atoms with Crippen LogP contribution in [0.5, 0.6) is 11.5 Å². The van der Waals surface area contributed by atoms with Crippen LogP contribution in [0.2, 0.25) is 0 Å². The van der Waals surface area contributed by atoms with Crippen molar-refractivity contribution in [1.29, 1.82) is 0 Å². The van der Waals surface area contributed by atoms with Gasteiger partial charge in [0, 0.05) is 19.1 Å². The van der Waals surface area contributed by atoms with Crippen molar-refractivity contribution in [2.45, 2.75) is 6.92 Å². The van der Waals surface area contributed by atoms with E-state index in [1.165, 1.54) is 0 Å². The van der Waals surface area contributed by atoms with E-state index < -0.39 is 23.4 Å². The molecular weight excluding hydrogens is 182 g/mol. The Morgan fingerprint density at radius 2 is 2.08 bits per heavy atom. The molecule has 0 aliphatic carbocycles. The fourth-order valence-electron chi connectivity index (χ4n) is 0.775. The van der Waals surface area contributed by atoms with E-state index in [0.29, 0.717) is 6.07 Å². The highest BCUT2D eigenvalue weighted by molar-refractivity contribution is 5.69. The first-order chi connectivity index (χ1) is 6.00. The molecule has 0 saturated heterocycles. The Morgan fingerprint density at radius 1 is 1.46 bits per heavy atom. The van der Waals surface area contributed by atoms with Crippen molar-refractivity contribution in [3.63, 3.8) is 0 Å². The van der Waals surface area contributed by atoms with E-state index in [4.69, 9.17) is 5.11 Å². The molecule has 0 saturated carbocycles.